The van der Waals surface area contributed by atoms with Crippen LogP contribution in [0.3, 0.4) is 0 Å². The van der Waals surface area contributed by atoms with Gasteiger partial charge in [0.2, 0.25) is 5.91 Å². The van der Waals surface area contributed by atoms with Gasteiger partial charge in [0.1, 0.15) is 6.10 Å². The molecule has 1 aliphatic rings. The first kappa shape index (κ1) is 14.2. The quantitative estimate of drug-likeness (QED) is 0.881. The Morgan fingerprint density at radius 1 is 1.52 bits per heavy atom. The SMILES string of the molecule is O=C(Cc1cccs1)NCCc1noc([C@@H]2CCCO2)n1. The summed E-state index contributed by atoms with van der Waals surface area (Å²) < 4.78 is 10.7. The smallest absolute Gasteiger partial charge is 0.255 e. The fourth-order valence-electron chi connectivity index (χ4n) is 2.22. The van der Waals surface area contributed by atoms with Gasteiger partial charge >= 0.3 is 0 Å². The second-order valence-electron chi connectivity index (χ2n) is 4.91. The standard InChI is InChI=1S/C14H17N3O3S/c18-13(9-10-3-2-8-21-10)15-6-5-12-16-14(20-17-12)11-4-1-7-19-11/h2-3,8,11H,1,4-7,9H2,(H,15,18)/t11-/m0/s1. The minimum atomic E-state index is -0.0559. The van der Waals surface area contributed by atoms with Gasteiger partial charge in [0.15, 0.2) is 5.82 Å². The summed E-state index contributed by atoms with van der Waals surface area (Å²) in [5.74, 6) is 1.17. The predicted octanol–water partition coefficient (Wildman–Crippen LogP) is 1.88. The van der Waals surface area contributed by atoms with Crippen LogP contribution in [0.4, 0.5) is 0 Å². The highest BCUT2D eigenvalue weighted by atomic mass is 32.1. The van der Waals surface area contributed by atoms with E-state index in [9.17, 15) is 4.79 Å². The molecule has 0 saturated carbocycles. The molecule has 0 radical (unpaired) electrons. The Kier molecular flexibility index (Phi) is 4.62. The summed E-state index contributed by atoms with van der Waals surface area (Å²) >= 11 is 1.58. The zero-order valence-corrected chi connectivity index (χ0v) is 12.4. The van der Waals surface area contributed by atoms with E-state index >= 15 is 0 Å². The first-order valence-corrected chi connectivity index (χ1v) is 7.92. The molecule has 0 aromatic carbocycles. The number of amides is 1. The average Bonchev–Trinajstić information content (AvgIpc) is 3.21. The van der Waals surface area contributed by atoms with Crippen molar-refractivity contribution in [2.75, 3.05) is 13.2 Å². The highest BCUT2D eigenvalue weighted by molar-refractivity contribution is 7.10. The fourth-order valence-corrected chi connectivity index (χ4v) is 2.92. The number of hydrogen-bond acceptors (Lipinski definition) is 6. The lowest BCUT2D eigenvalue weighted by atomic mass is 10.2. The minimum Gasteiger partial charge on any atom is -0.368 e. The van der Waals surface area contributed by atoms with Crippen molar-refractivity contribution in [3.63, 3.8) is 0 Å². The Balaban J connectivity index is 1.41. The van der Waals surface area contributed by atoms with Crippen molar-refractivity contribution in [3.05, 3.63) is 34.1 Å². The molecule has 2 aromatic heterocycles. The van der Waals surface area contributed by atoms with Crippen molar-refractivity contribution in [2.45, 2.75) is 31.8 Å². The molecule has 0 bridgehead atoms. The molecule has 2 aromatic rings. The van der Waals surface area contributed by atoms with E-state index in [4.69, 9.17) is 9.26 Å². The number of hydrogen-bond donors (Lipinski definition) is 1. The van der Waals surface area contributed by atoms with Crippen LogP contribution in [-0.4, -0.2) is 29.2 Å². The van der Waals surface area contributed by atoms with Crippen molar-refractivity contribution >= 4 is 17.2 Å². The molecule has 1 atom stereocenters. The molecule has 1 saturated heterocycles. The zero-order valence-electron chi connectivity index (χ0n) is 11.6. The average molecular weight is 307 g/mol. The lowest BCUT2D eigenvalue weighted by Crippen LogP contribution is -2.27. The summed E-state index contributed by atoms with van der Waals surface area (Å²) in [7, 11) is 0. The van der Waals surface area contributed by atoms with E-state index in [0.717, 1.165) is 24.3 Å². The van der Waals surface area contributed by atoms with Crippen LogP contribution in [0.25, 0.3) is 0 Å². The number of nitrogens with zero attached hydrogens (tertiary/aromatic N) is 2. The van der Waals surface area contributed by atoms with Crippen LogP contribution in [0.2, 0.25) is 0 Å². The minimum absolute atomic E-state index is 0.0142. The second-order valence-corrected chi connectivity index (χ2v) is 5.94. The van der Waals surface area contributed by atoms with E-state index in [1.54, 1.807) is 11.3 Å². The number of carbonyl (C=O) groups excluding carboxylic acids is 1. The molecule has 112 valence electrons. The van der Waals surface area contributed by atoms with E-state index in [2.05, 4.69) is 15.5 Å². The highest BCUT2D eigenvalue weighted by Crippen LogP contribution is 2.26. The van der Waals surface area contributed by atoms with Gasteiger partial charge in [-0.25, -0.2) is 0 Å². The van der Waals surface area contributed by atoms with E-state index in [0.29, 0.717) is 31.1 Å². The maximum atomic E-state index is 11.7. The second kappa shape index (κ2) is 6.82. The number of thiophene rings is 1. The topological polar surface area (TPSA) is 77.2 Å². The first-order valence-electron chi connectivity index (χ1n) is 7.04. The third-order valence-corrected chi connectivity index (χ3v) is 4.15. The van der Waals surface area contributed by atoms with Crippen LogP contribution >= 0.6 is 11.3 Å². The van der Waals surface area contributed by atoms with Crippen LogP contribution in [0.5, 0.6) is 0 Å². The van der Waals surface area contributed by atoms with Crippen molar-refractivity contribution in [1.29, 1.82) is 0 Å². The number of carbonyl (C=O) groups is 1. The maximum Gasteiger partial charge on any atom is 0.255 e. The molecule has 6 nitrogen and oxygen atoms in total. The Bertz CT molecular complexity index is 576. The summed E-state index contributed by atoms with van der Waals surface area (Å²) in [5.41, 5.74) is 0. The van der Waals surface area contributed by atoms with Gasteiger partial charge in [0.05, 0.1) is 6.42 Å². The van der Waals surface area contributed by atoms with Crippen molar-refractivity contribution in [2.24, 2.45) is 0 Å². The van der Waals surface area contributed by atoms with Gasteiger partial charge in [-0.1, -0.05) is 11.2 Å². The third kappa shape index (κ3) is 3.89. The van der Waals surface area contributed by atoms with Gasteiger partial charge < -0.3 is 14.6 Å². The van der Waals surface area contributed by atoms with Crippen LogP contribution < -0.4 is 5.32 Å². The van der Waals surface area contributed by atoms with Crippen molar-refractivity contribution in [3.8, 4) is 0 Å². The molecule has 3 heterocycles. The third-order valence-electron chi connectivity index (χ3n) is 3.27. The Labute approximate surface area is 126 Å². The number of nitrogens with one attached hydrogen (secondary N) is 1. The molecule has 7 heteroatoms. The van der Waals surface area contributed by atoms with Crippen LogP contribution in [0.1, 0.15) is 35.5 Å². The number of ether oxygens (including phenoxy) is 1. The molecule has 1 amide bonds. The molecular weight excluding hydrogens is 290 g/mol. The summed E-state index contributed by atoms with van der Waals surface area (Å²) in [5, 5.41) is 8.75. The molecule has 1 N–H and O–H groups in total. The molecule has 3 rings (SSSR count). The monoisotopic (exact) mass is 307 g/mol. The lowest BCUT2D eigenvalue weighted by Gasteiger charge is -2.02. The molecule has 1 fully saturated rings. The normalized spacial score (nSPS) is 18.0. The maximum absolute atomic E-state index is 11.7. The highest BCUT2D eigenvalue weighted by Gasteiger charge is 2.23. The summed E-state index contributed by atoms with van der Waals surface area (Å²) in [4.78, 5) is 17.1. The fraction of sp³-hybridized carbons (Fsp3) is 0.500. The Hall–Kier alpha value is -1.73. The van der Waals surface area contributed by atoms with Gasteiger partial charge in [0, 0.05) is 24.4 Å². The van der Waals surface area contributed by atoms with Gasteiger partial charge in [-0.05, 0) is 24.3 Å². The van der Waals surface area contributed by atoms with E-state index < -0.39 is 0 Å². The largest absolute Gasteiger partial charge is 0.368 e. The zero-order chi connectivity index (χ0) is 14.5. The molecular formula is C14H17N3O3S. The Morgan fingerprint density at radius 3 is 3.24 bits per heavy atom. The molecule has 0 aliphatic carbocycles. The molecule has 0 unspecified atom stereocenters. The van der Waals surface area contributed by atoms with Crippen LogP contribution in [0.15, 0.2) is 22.0 Å². The number of rotatable bonds is 6. The van der Waals surface area contributed by atoms with Crippen molar-refractivity contribution < 1.29 is 14.1 Å². The van der Waals surface area contributed by atoms with Gasteiger partial charge in [-0.15, -0.1) is 11.3 Å². The van der Waals surface area contributed by atoms with Gasteiger partial charge in [0.25, 0.3) is 5.89 Å². The summed E-state index contributed by atoms with van der Waals surface area (Å²) in [6, 6.07) is 3.90. The van der Waals surface area contributed by atoms with Crippen LogP contribution in [0, 0.1) is 0 Å². The van der Waals surface area contributed by atoms with Gasteiger partial charge in [-0.3, -0.25) is 4.79 Å². The van der Waals surface area contributed by atoms with E-state index in [-0.39, 0.29) is 12.0 Å². The van der Waals surface area contributed by atoms with Crippen molar-refractivity contribution in [1.82, 2.24) is 15.5 Å². The Morgan fingerprint density at radius 2 is 2.48 bits per heavy atom. The predicted molar refractivity (Wildman–Crippen MR) is 77.0 cm³/mol. The first-order chi connectivity index (χ1) is 10.3. The number of aromatic nitrogens is 2. The lowest BCUT2D eigenvalue weighted by molar-refractivity contribution is -0.120. The molecule has 1 aliphatic heterocycles. The molecule has 21 heavy (non-hydrogen) atoms. The van der Waals surface area contributed by atoms with Crippen LogP contribution in [-0.2, 0) is 22.4 Å². The molecule has 0 spiro atoms. The van der Waals surface area contributed by atoms with Gasteiger partial charge in [-0.2, -0.15) is 4.98 Å². The summed E-state index contributed by atoms with van der Waals surface area (Å²) in [6.45, 7) is 1.26. The van der Waals surface area contributed by atoms with E-state index in [1.165, 1.54) is 0 Å². The van der Waals surface area contributed by atoms with E-state index in [1.807, 2.05) is 17.5 Å². The summed E-state index contributed by atoms with van der Waals surface area (Å²) in [6.07, 6.45) is 2.89.